The fourth-order valence-electron chi connectivity index (χ4n) is 3.90. The third-order valence-electron chi connectivity index (χ3n) is 5.36. The standard InChI is InChI=1S/C24H28O3/c1-4-5-7-10-17-13-14-19-15-21(26-2)22(27-3)16-20(19)23(17)24(25)18-11-8-6-9-12-18/h6,8-9,11-17,23H,4-5,7,10H2,1-3H3/t17-,23+/m1/s1. The van der Waals surface area contributed by atoms with Gasteiger partial charge in [-0.3, -0.25) is 4.79 Å². The van der Waals surface area contributed by atoms with E-state index in [-0.39, 0.29) is 17.6 Å². The van der Waals surface area contributed by atoms with Crippen molar-refractivity contribution in [3.05, 3.63) is 65.2 Å². The van der Waals surface area contributed by atoms with E-state index in [0.29, 0.717) is 11.5 Å². The van der Waals surface area contributed by atoms with Crippen LogP contribution in [-0.2, 0) is 0 Å². The summed E-state index contributed by atoms with van der Waals surface area (Å²) in [6.45, 7) is 2.20. The monoisotopic (exact) mass is 364 g/mol. The predicted octanol–water partition coefficient (Wildman–Crippen LogP) is 5.89. The van der Waals surface area contributed by atoms with Crippen molar-refractivity contribution in [1.82, 2.24) is 0 Å². The average molecular weight is 364 g/mol. The van der Waals surface area contributed by atoms with Crippen LogP contribution in [-0.4, -0.2) is 20.0 Å². The molecule has 3 heteroatoms. The zero-order valence-electron chi connectivity index (χ0n) is 16.4. The van der Waals surface area contributed by atoms with Crippen LogP contribution in [0.4, 0.5) is 0 Å². The highest BCUT2D eigenvalue weighted by atomic mass is 16.5. The van der Waals surface area contributed by atoms with Gasteiger partial charge in [0.15, 0.2) is 17.3 Å². The first-order chi connectivity index (χ1) is 13.2. The number of ketones is 1. The summed E-state index contributed by atoms with van der Waals surface area (Å²) in [6, 6.07) is 13.6. The minimum absolute atomic E-state index is 0.176. The van der Waals surface area contributed by atoms with E-state index in [1.54, 1.807) is 14.2 Å². The quantitative estimate of drug-likeness (QED) is 0.432. The Morgan fingerprint density at radius 1 is 1.00 bits per heavy atom. The number of fused-ring (bicyclic) bond motifs is 1. The Bertz CT molecular complexity index is 808. The van der Waals surface area contributed by atoms with Gasteiger partial charge in [-0.25, -0.2) is 0 Å². The zero-order chi connectivity index (χ0) is 19.2. The van der Waals surface area contributed by atoms with Crippen LogP contribution in [0.1, 0.15) is 60.0 Å². The highest BCUT2D eigenvalue weighted by molar-refractivity contribution is 6.02. The van der Waals surface area contributed by atoms with Crippen LogP contribution in [0.15, 0.2) is 48.5 Å². The van der Waals surface area contributed by atoms with Gasteiger partial charge in [-0.15, -0.1) is 0 Å². The minimum atomic E-state index is -0.191. The van der Waals surface area contributed by atoms with Crippen molar-refractivity contribution >= 4 is 11.9 Å². The van der Waals surface area contributed by atoms with Gasteiger partial charge < -0.3 is 9.47 Å². The maximum Gasteiger partial charge on any atom is 0.170 e. The summed E-state index contributed by atoms with van der Waals surface area (Å²) in [5.74, 6) is 1.55. The maximum atomic E-state index is 13.5. The van der Waals surface area contributed by atoms with Crippen LogP contribution < -0.4 is 9.47 Å². The first kappa shape index (κ1) is 19.2. The van der Waals surface area contributed by atoms with Gasteiger partial charge in [0.1, 0.15) is 0 Å². The lowest BCUT2D eigenvalue weighted by atomic mass is 9.73. The number of allylic oxidation sites excluding steroid dienone is 1. The van der Waals surface area contributed by atoms with Crippen LogP contribution in [0.25, 0.3) is 6.08 Å². The fourth-order valence-corrected chi connectivity index (χ4v) is 3.90. The zero-order valence-corrected chi connectivity index (χ0v) is 16.4. The number of methoxy groups -OCH3 is 2. The number of benzene rings is 2. The van der Waals surface area contributed by atoms with Gasteiger partial charge in [0.2, 0.25) is 0 Å². The minimum Gasteiger partial charge on any atom is -0.493 e. The summed E-state index contributed by atoms with van der Waals surface area (Å²) in [6.07, 6.45) is 8.84. The summed E-state index contributed by atoms with van der Waals surface area (Å²) >= 11 is 0. The molecule has 0 fully saturated rings. The Morgan fingerprint density at radius 2 is 1.70 bits per heavy atom. The van der Waals surface area contributed by atoms with E-state index in [1.165, 1.54) is 12.8 Å². The number of hydrogen-bond acceptors (Lipinski definition) is 3. The Balaban J connectivity index is 2.04. The molecule has 0 amide bonds. The molecule has 0 saturated heterocycles. The fraction of sp³-hybridized carbons (Fsp3) is 0.375. The molecule has 0 unspecified atom stereocenters. The van der Waals surface area contributed by atoms with Crippen molar-refractivity contribution in [3.8, 4) is 11.5 Å². The molecule has 1 aliphatic carbocycles. The van der Waals surface area contributed by atoms with Crippen LogP contribution in [0.2, 0.25) is 0 Å². The molecule has 2 atom stereocenters. The van der Waals surface area contributed by atoms with Gasteiger partial charge in [-0.1, -0.05) is 68.7 Å². The molecule has 0 saturated carbocycles. The van der Waals surface area contributed by atoms with Gasteiger partial charge in [0, 0.05) is 5.56 Å². The molecule has 0 radical (unpaired) electrons. The molecule has 0 spiro atoms. The van der Waals surface area contributed by atoms with Crippen LogP contribution in [0.3, 0.4) is 0 Å². The third kappa shape index (κ3) is 4.08. The van der Waals surface area contributed by atoms with E-state index >= 15 is 0 Å². The van der Waals surface area contributed by atoms with Crippen LogP contribution in [0, 0.1) is 5.92 Å². The molecule has 0 bridgehead atoms. The molecule has 2 aromatic rings. The molecule has 27 heavy (non-hydrogen) atoms. The number of carbonyl (C=O) groups excluding carboxylic acids is 1. The van der Waals surface area contributed by atoms with Crippen molar-refractivity contribution in [2.75, 3.05) is 14.2 Å². The lowest BCUT2D eigenvalue weighted by Gasteiger charge is -2.30. The smallest absolute Gasteiger partial charge is 0.170 e. The van der Waals surface area contributed by atoms with E-state index in [2.05, 4.69) is 19.1 Å². The summed E-state index contributed by atoms with van der Waals surface area (Å²) in [7, 11) is 3.27. The van der Waals surface area contributed by atoms with E-state index in [4.69, 9.17) is 9.47 Å². The van der Waals surface area contributed by atoms with Crippen molar-refractivity contribution in [1.29, 1.82) is 0 Å². The molecule has 0 aliphatic heterocycles. The second-order valence-electron chi connectivity index (χ2n) is 7.06. The summed E-state index contributed by atoms with van der Waals surface area (Å²) in [4.78, 5) is 13.5. The molecule has 2 aromatic carbocycles. The van der Waals surface area contributed by atoms with E-state index in [0.717, 1.165) is 29.5 Å². The van der Waals surface area contributed by atoms with E-state index in [1.807, 2.05) is 42.5 Å². The van der Waals surface area contributed by atoms with Crippen LogP contribution >= 0.6 is 0 Å². The maximum absolute atomic E-state index is 13.5. The molecule has 1 aliphatic rings. The Morgan fingerprint density at radius 3 is 2.37 bits per heavy atom. The second-order valence-corrected chi connectivity index (χ2v) is 7.06. The van der Waals surface area contributed by atoms with Crippen molar-refractivity contribution in [2.45, 2.75) is 38.5 Å². The van der Waals surface area contributed by atoms with Crippen molar-refractivity contribution in [2.24, 2.45) is 5.92 Å². The number of carbonyl (C=O) groups is 1. The molecule has 0 N–H and O–H groups in total. The normalized spacial score (nSPS) is 18.0. The molecule has 3 rings (SSSR count). The highest BCUT2D eigenvalue weighted by Crippen LogP contribution is 2.43. The lowest BCUT2D eigenvalue weighted by Crippen LogP contribution is -2.24. The highest BCUT2D eigenvalue weighted by Gasteiger charge is 2.33. The van der Waals surface area contributed by atoms with Gasteiger partial charge in [0.05, 0.1) is 20.1 Å². The second kappa shape index (κ2) is 8.90. The molecule has 0 aromatic heterocycles. The van der Waals surface area contributed by atoms with Gasteiger partial charge >= 0.3 is 0 Å². The van der Waals surface area contributed by atoms with Gasteiger partial charge in [-0.2, -0.15) is 0 Å². The Hall–Kier alpha value is -2.55. The molecule has 0 heterocycles. The predicted molar refractivity (Wildman–Crippen MR) is 110 cm³/mol. The molecule has 3 nitrogen and oxygen atoms in total. The largest absolute Gasteiger partial charge is 0.493 e. The third-order valence-corrected chi connectivity index (χ3v) is 5.36. The topological polar surface area (TPSA) is 35.5 Å². The van der Waals surface area contributed by atoms with Crippen molar-refractivity contribution < 1.29 is 14.3 Å². The summed E-state index contributed by atoms with van der Waals surface area (Å²) < 4.78 is 11.0. The summed E-state index contributed by atoms with van der Waals surface area (Å²) in [5.41, 5.74) is 2.83. The summed E-state index contributed by atoms with van der Waals surface area (Å²) in [5, 5.41) is 0. The van der Waals surface area contributed by atoms with Crippen molar-refractivity contribution in [3.63, 3.8) is 0 Å². The number of unbranched alkanes of at least 4 members (excludes halogenated alkanes) is 2. The number of ether oxygens (including phenoxy) is 2. The van der Waals surface area contributed by atoms with Gasteiger partial charge in [0.25, 0.3) is 0 Å². The Kier molecular flexibility index (Phi) is 6.33. The lowest BCUT2D eigenvalue weighted by molar-refractivity contribution is 0.0936. The first-order valence-corrected chi connectivity index (χ1v) is 9.73. The first-order valence-electron chi connectivity index (χ1n) is 9.73. The molecular formula is C24H28O3. The van der Waals surface area contributed by atoms with E-state index < -0.39 is 0 Å². The van der Waals surface area contributed by atoms with Gasteiger partial charge in [-0.05, 0) is 35.6 Å². The number of rotatable bonds is 8. The SMILES string of the molecule is CCCCC[C@@H]1C=Cc2cc(OC)c(OC)cc2[C@H]1C(=O)c1ccccc1. The van der Waals surface area contributed by atoms with E-state index in [9.17, 15) is 4.79 Å². The number of Topliss-reactive ketones (excluding diaryl/α,β-unsaturated/α-hetero) is 1. The number of hydrogen-bond donors (Lipinski definition) is 0. The Labute approximate surface area is 162 Å². The average Bonchev–Trinajstić information content (AvgIpc) is 2.72. The van der Waals surface area contributed by atoms with Crippen LogP contribution in [0.5, 0.6) is 11.5 Å². The molecular weight excluding hydrogens is 336 g/mol. The molecule has 142 valence electrons.